The number of ether oxygens (including phenoxy) is 2. The number of ketones is 1. The third-order valence-electron chi connectivity index (χ3n) is 5.20. The maximum absolute atomic E-state index is 12.8. The summed E-state index contributed by atoms with van der Waals surface area (Å²) in [6.07, 6.45) is 1.79. The average molecular weight is 332 g/mol. The van der Waals surface area contributed by atoms with E-state index in [-0.39, 0.29) is 11.7 Å². The number of benzene rings is 1. The fourth-order valence-electron chi connectivity index (χ4n) is 3.61. The summed E-state index contributed by atoms with van der Waals surface area (Å²) >= 11 is 0. The van der Waals surface area contributed by atoms with E-state index in [1.165, 1.54) is 0 Å². The van der Waals surface area contributed by atoms with Crippen LogP contribution in [0.5, 0.6) is 5.75 Å². The molecular weight excluding hydrogens is 304 g/mol. The number of rotatable bonds is 6. The predicted molar refractivity (Wildman–Crippen MR) is 93.7 cm³/mol. The summed E-state index contributed by atoms with van der Waals surface area (Å²) in [5.74, 6) is 1.20. The molecule has 0 N–H and O–H groups in total. The molecule has 132 valence electrons. The van der Waals surface area contributed by atoms with Crippen molar-refractivity contribution < 1.29 is 14.3 Å². The number of hydrogen-bond donors (Lipinski definition) is 0. The lowest BCUT2D eigenvalue weighted by atomic mass is 9.81. The fourth-order valence-corrected chi connectivity index (χ4v) is 3.61. The molecule has 3 rings (SSSR count). The van der Waals surface area contributed by atoms with Crippen molar-refractivity contribution in [2.24, 2.45) is 5.92 Å². The number of nitrogens with zero attached hydrogens (tertiary/aromatic N) is 2. The molecule has 24 heavy (non-hydrogen) atoms. The lowest BCUT2D eigenvalue weighted by Gasteiger charge is -2.46. The van der Waals surface area contributed by atoms with E-state index in [4.69, 9.17) is 9.47 Å². The highest BCUT2D eigenvalue weighted by atomic mass is 16.5. The topological polar surface area (TPSA) is 42.0 Å². The Morgan fingerprint density at radius 1 is 1.21 bits per heavy atom. The second-order valence-corrected chi connectivity index (χ2v) is 7.22. The van der Waals surface area contributed by atoms with Crippen molar-refractivity contribution >= 4 is 5.78 Å². The van der Waals surface area contributed by atoms with Crippen LogP contribution in [-0.4, -0.2) is 75.2 Å². The van der Waals surface area contributed by atoms with E-state index in [0.717, 1.165) is 43.9 Å². The molecule has 2 aliphatic heterocycles. The zero-order valence-corrected chi connectivity index (χ0v) is 14.9. The maximum Gasteiger partial charge on any atom is 0.166 e. The van der Waals surface area contributed by atoms with Crippen LogP contribution in [0.1, 0.15) is 23.2 Å². The van der Waals surface area contributed by atoms with Gasteiger partial charge in [-0.25, -0.2) is 0 Å². The Hall–Kier alpha value is -1.43. The van der Waals surface area contributed by atoms with Crippen LogP contribution in [0.25, 0.3) is 0 Å². The molecular formula is C19H28N2O3. The molecule has 5 heteroatoms. The Kier molecular flexibility index (Phi) is 5.54. The highest BCUT2D eigenvalue weighted by Gasteiger charge is 2.39. The fraction of sp³-hybridized carbons (Fsp3) is 0.632. The number of carbonyl (C=O) groups excluding carboxylic acids is 1. The summed E-state index contributed by atoms with van der Waals surface area (Å²) < 4.78 is 11.3. The van der Waals surface area contributed by atoms with Gasteiger partial charge in [-0.15, -0.1) is 0 Å². The van der Waals surface area contributed by atoms with Crippen LogP contribution in [0.3, 0.4) is 0 Å². The van der Waals surface area contributed by atoms with Gasteiger partial charge in [0.1, 0.15) is 12.4 Å². The van der Waals surface area contributed by atoms with Gasteiger partial charge in [-0.05, 0) is 58.3 Å². The first-order valence-corrected chi connectivity index (χ1v) is 8.76. The van der Waals surface area contributed by atoms with Crippen molar-refractivity contribution in [2.45, 2.75) is 24.9 Å². The molecule has 0 saturated carbocycles. The Morgan fingerprint density at radius 3 is 2.42 bits per heavy atom. The van der Waals surface area contributed by atoms with Gasteiger partial charge in [-0.1, -0.05) is 0 Å². The van der Waals surface area contributed by atoms with E-state index in [1.807, 2.05) is 38.4 Å². The minimum Gasteiger partial charge on any atom is -0.492 e. The smallest absolute Gasteiger partial charge is 0.166 e. The standard InChI is InChI=1S/C19H28N2O3/c1-20(2)8-9-24-18-6-4-14(5-7-18)19(22)15-10-16-12-23-13-17(11-15)21(16)3/h4-7,15-17H,8-13H2,1-3H3. The zero-order valence-electron chi connectivity index (χ0n) is 14.9. The van der Waals surface area contributed by atoms with Crippen molar-refractivity contribution in [3.8, 4) is 5.75 Å². The molecule has 0 spiro atoms. The normalized spacial score (nSPS) is 27.2. The number of likely N-dealkylation sites (N-methyl/N-ethyl adjacent to an activating group) is 2. The molecule has 2 aliphatic rings. The average Bonchev–Trinajstić information content (AvgIpc) is 2.54. The highest BCUT2D eigenvalue weighted by molar-refractivity contribution is 5.98. The summed E-state index contributed by atoms with van der Waals surface area (Å²) in [5.41, 5.74) is 0.795. The summed E-state index contributed by atoms with van der Waals surface area (Å²) in [7, 11) is 6.19. The van der Waals surface area contributed by atoms with E-state index >= 15 is 0 Å². The van der Waals surface area contributed by atoms with Gasteiger partial charge in [-0.3, -0.25) is 9.69 Å². The van der Waals surface area contributed by atoms with E-state index in [9.17, 15) is 4.79 Å². The lowest BCUT2D eigenvalue weighted by molar-refractivity contribution is -0.0702. The maximum atomic E-state index is 12.8. The zero-order chi connectivity index (χ0) is 17.1. The highest BCUT2D eigenvalue weighted by Crippen LogP contribution is 2.32. The van der Waals surface area contributed by atoms with Crippen molar-refractivity contribution in [1.29, 1.82) is 0 Å². The van der Waals surface area contributed by atoms with Gasteiger partial charge >= 0.3 is 0 Å². The van der Waals surface area contributed by atoms with Gasteiger partial charge in [0, 0.05) is 30.1 Å². The second-order valence-electron chi connectivity index (χ2n) is 7.22. The molecule has 2 heterocycles. The molecule has 2 bridgehead atoms. The van der Waals surface area contributed by atoms with Gasteiger partial charge in [0.15, 0.2) is 5.78 Å². The minimum absolute atomic E-state index is 0.112. The molecule has 2 saturated heterocycles. The molecule has 5 nitrogen and oxygen atoms in total. The van der Waals surface area contributed by atoms with Gasteiger partial charge < -0.3 is 14.4 Å². The number of carbonyl (C=O) groups is 1. The third kappa shape index (κ3) is 3.97. The Balaban J connectivity index is 1.59. The second kappa shape index (κ2) is 7.64. The van der Waals surface area contributed by atoms with Crippen LogP contribution in [0, 0.1) is 5.92 Å². The lowest BCUT2D eigenvalue weighted by Crippen LogP contribution is -2.55. The minimum atomic E-state index is 0.112. The third-order valence-corrected chi connectivity index (χ3v) is 5.20. The van der Waals surface area contributed by atoms with Crippen LogP contribution in [0.4, 0.5) is 0 Å². The molecule has 2 atom stereocenters. The number of Topliss-reactive ketones (excluding diaryl/α,β-unsaturated/α-hetero) is 1. The number of morpholine rings is 1. The van der Waals surface area contributed by atoms with E-state index in [1.54, 1.807) is 0 Å². The van der Waals surface area contributed by atoms with Gasteiger partial charge in [0.2, 0.25) is 0 Å². The SMILES string of the molecule is CN(C)CCOc1ccc(C(=O)C2CC3COCC(C2)N3C)cc1. The van der Waals surface area contributed by atoms with E-state index < -0.39 is 0 Å². The first kappa shape index (κ1) is 17.4. The quantitative estimate of drug-likeness (QED) is 0.745. The summed E-state index contributed by atoms with van der Waals surface area (Å²) in [5, 5.41) is 0. The van der Waals surface area contributed by atoms with Crippen LogP contribution in [0.2, 0.25) is 0 Å². The largest absolute Gasteiger partial charge is 0.492 e. The summed E-state index contributed by atoms with van der Waals surface area (Å²) in [6.45, 7) is 3.02. The summed E-state index contributed by atoms with van der Waals surface area (Å²) in [4.78, 5) is 17.3. The Bertz CT molecular complexity index is 544. The molecule has 2 unspecified atom stereocenters. The van der Waals surface area contributed by atoms with Gasteiger partial charge in [0.25, 0.3) is 0 Å². The van der Waals surface area contributed by atoms with Crippen LogP contribution in [-0.2, 0) is 4.74 Å². The van der Waals surface area contributed by atoms with Crippen molar-refractivity contribution in [3.63, 3.8) is 0 Å². The Labute approximate surface area is 144 Å². The summed E-state index contributed by atoms with van der Waals surface area (Å²) in [6, 6.07) is 8.36. The Morgan fingerprint density at radius 2 is 1.83 bits per heavy atom. The van der Waals surface area contributed by atoms with Crippen molar-refractivity contribution in [1.82, 2.24) is 9.80 Å². The van der Waals surface area contributed by atoms with Gasteiger partial charge in [0.05, 0.1) is 13.2 Å². The first-order valence-electron chi connectivity index (χ1n) is 8.76. The molecule has 0 aliphatic carbocycles. The molecule has 0 aromatic heterocycles. The molecule has 1 aromatic carbocycles. The molecule has 0 radical (unpaired) electrons. The number of fused-ring (bicyclic) bond motifs is 2. The van der Waals surface area contributed by atoms with Crippen LogP contribution < -0.4 is 4.74 Å². The molecule has 1 aromatic rings. The van der Waals surface area contributed by atoms with Crippen molar-refractivity contribution in [2.75, 3.05) is 47.5 Å². The van der Waals surface area contributed by atoms with E-state index in [0.29, 0.717) is 18.7 Å². The van der Waals surface area contributed by atoms with Gasteiger partial charge in [-0.2, -0.15) is 0 Å². The molecule has 0 amide bonds. The number of hydrogen-bond acceptors (Lipinski definition) is 5. The van der Waals surface area contributed by atoms with Crippen LogP contribution in [0.15, 0.2) is 24.3 Å². The predicted octanol–water partition coefficient (Wildman–Crippen LogP) is 1.92. The van der Waals surface area contributed by atoms with Crippen LogP contribution >= 0.6 is 0 Å². The molecule has 2 fully saturated rings. The van der Waals surface area contributed by atoms with E-state index in [2.05, 4.69) is 16.8 Å². The van der Waals surface area contributed by atoms with Crippen molar-refractivity contribution in [3.05, 3.63) is 29.8 Å². The monoisotopic (exact) mass is 332 g/mol. The number of piperidine rings is 1. The first-order chi connectivity index (χ1) is 11.5.